The lowest BCUT2D eigenvalue weighted by atomic mass is 10.2. The van der Waals surface area contributed by atoms with E-state index in [0.29, 0.717) is 19.6 Å². The summed E-state index contributed by atoms with van der Waals surface area (Å²) in [4.78, 5) is 2.22. The number of nitrogens with zero attached hydrogens (tertiary/aromatic N) is 2. The Labute approximate surface area is 122 Å². The molecule has 118 valence electrons. The Kier molecular flexibility index (Phi) is 6.22. The van der Waals surface area contributed by atoms with Gasteiger partial charge < -0.3 is 10.1 Å². The van der Waals surface area contributed by atoms with Crippen molar-refractivity contribution >= 4 is 10.0 Å². The van der Waals surface area contributed by atoms with Crippen LogP contribution in [0.1, 0.15) is 19.8 Å². The van der Waals surface area contributed by atoms with E-state index in [1.54, 1.807) is 4.31 Å². The van der Waals surface area contributed by atoms with Crippen molar-refractivity contribution in [3.8, 4) is 0 Å². The largest absolute Gasteiger partial charge is 0.377 e. The Bertz CT molecular complexity index is 376. The molecule has 2 saturated heterocycles. The fraction of sp³-hybridized carbons (Fsp3) is 1.00. The Morgan fingerprint density at radius 3 is 2.70 bits per heavy atom. The number of piperazine rings is 1. The smallest absolute Gasteiger partial charge is 0.215 e. The topological polar surface area (TPSA) is 61.9 Å². The highest BCUT2D eigenvalue weighted by atomic mass is 32.2. The first-order chi connectivity index (χ1) is 9.62. The van der Waals surface area contributed by atoms with Crippen LogP contribution >= 0.6 is 0 Å². The van der Waals surface area contributed by atoms with Crippen molar-refractivity contribution in [3.63, 3.8) is 0 Å². The number of sulfonamides is 1. The van der Waals surface area contributed by atoms with Crippen LogP contribution in [0, 0.1) is 0 Å². The van der Waals surface area contributed by atoms with Crippen LogP contribution in [0.4, 0.5) is 0 Å². The van der Waals surface area contributed by atoms with Gasteiger partial charge in [-0.25, -0.2) is 8.42 Å². The van der Waals surface area contributed by atoms with E-state index in [0.717, 1.165) is 45.6 Å². The van der Waals surface area contributed by atoms with Crippen molar-refractivity contribution in [3.05, 3.63) is 0 Å². The van der Waals surface area contributed by atoms with Crippen molar-refractivity contribution in [2.24, 2.45) is 0 Å². The molecule has 0 bridgehead atoms. The molecule has 0 spiro atoms. The number of hydrogen-bond acceptors (Lipinski definition) is 5. The molecule has 2 aliphatic heterocycles. The van der Waals surface area contributed by atoms with E-state index < -0.39 is 10.0 Å². The van der Waals surface area contributed by atoms with E-state index in [1.807, 2.05) is 6.92 Å². The summed E-state index contributed by atoms with van der Waals surface area (Å²) in [5, 5.41) is 3.28. The average molecular weight is 305 g/mol. The molecule has 20 heavy (non-hydrogen) atoms. The summed E-state index contributed by atoms with van der Waals surface area (Å²) in [5.74, 6) is 0.216. The first-order valence-electron chi connectivity index (χ1n) is 7.64. The van der Waals surface area contributed by atoms with Crippen LogP contribution < -0.4 is 5.32 Å². The van der Waals surface area contributed by atoms with Crippen molar-refractivity contribution in [1.29, 1.82) is 0 Å². The average Bonchev–Trinajstić information content (AvgIpc) is 2.97. The maximum absolute atomic E-state index is 12.4. The van der Waals surface area contributed by atoms with Crippen LogP contribution in [0.3, 0.4) is 0 Å². The van der Waals surface area contributed by atoms with Gasteiger partial charge in [-0.1, -0.05) is 6.92 Å². The maximum Gasteiger partial charge on any atom is 0.215 e. The highest BCUT2D eigenvalue weighted by Crippen LogP contribution is 2.15. The molecule has 6 nitrogen and oxygen atoms in total. The van der Waals surface area contributed by atoms with Crippen LogP contribution in [0.15, 0.2) is 0 Å². The van der Waals surface area contributed by atoms with E-state index in [2.05, 4.69) is 10.2 Å². The van der Waals surface area contributed by atoms with Crippen molar-refractivity contribution in [2.45, 2.75) is 25.9 Å². The summed E-state index contributed by atoms with van der Waals surface area (Å²) in [5.41, 5.74) is 0. The Morgan fingerprint density at radius 2 is 2.10 bits per heavy atom. The highest BCUT2D eigenvalue weighted by Gasteiger charge is 2.26. The van der Waals surface area contributed by atoms with Crippen molar-refractivity contribution < 1.29 is 13.2 Å². The summed E-state index contributed by atoms with van der Waals surface area (Å²) < 4.78 is 32.0. The molecule has 2 heterocycles. The Balaban J connectivity index is 1.82. The summed E-state index contributed by atoms with van der Waals surface area (Å²) in [7, 11) is -3.17. The fourth-order valence-electron chi connectivity index (χ4n) is 2.76. The molecule has 0 amide bonds. The summed E-state index contributed by atoms with van der Waals surface area (Å²) in [6, 6.07) is 0. The minimum atomic E-state index is -3.17. The molecule has 2 fully saturated rings. The third kappa shape index (κ3) is 4.66. The molecule has 2 rings (SSSR count). The predicted molar refractivity (Wildman–Crippen MR) is 79.3 cm³/mol. The molecule has 0 aromatic carbocycles. The lowest BCUT2D eigenvalue weighted by Crippen LogP contribution is -2.47. The van der Waals surface area contributed by atoms with Crippen LogP contribution in [0.5, 0.6) is 0 Å². The first kappa shape index (κ1) is 16.2. The number of ether oxygens (including phenoxy) is 1. The maximum atomic E-state index is 12.4. The number of hydrogen-bond donors (Lipinski definition) is 1. The number of nitrogens with one attached hydrogen (secondary N) is 1. The molecular weight excluding hydrogens is 278 g/mol. The summed E-state index contributed by atoms with van der Waals surface area (Å²) in [6.45, 7) is 8.12. The highest BCUT2D eigenvalue weighted by molar-refractivity contribution is 7.89. The van der Waals surface area contributed by atoms with E-state index in [9.17, 15) is 8.42 Å². The predicted octanol–water partition coefficient (Wildman–Crippen LogP) is -0.278. The van der Waals surface area contributed by atoms with Crippen LogP contribution in [-0.2, 0) is 14.8 Å². The Hall–Kier alpha value is -0.210. The van der Waals surface area contributed by atoms with Crippen LogP contribution in [0.2, 0.25) is 0 Å². The van der Waals surface area contributed by atoms with Gasteiger partial charge in [-0.15, -0.1) is 0 Å². The summed E-state index contributed by atoms with van der Waals surface area (Å²) in [6.07, 6.45) is 2.11. The quantitative estimate of drug-likeness (QED) is 0.701. The van der Waals surface area contributed by atoms with Gasteiger partial charge in [0.15, 0.2) is 0 Å². The van der Waals surface area contributed by atoms with Gasteiger partial charge in [-0.2, -0.15) is 4.31 Å². The second-order valence-corrected chi connectivity index (χ2v) is 7.58. The van der Waals surface area contributed by atoms with E-state index in [-0.39, 0.29) is 11.9 Å². The second-order valence-electron chi connectivity index (χ2n) is 5.49. The van der Waals surface area contributed by atoms with Gasteiger partial charge in [0.05, 0.1) is 11.9 Å². The van der Waals surface area contributed by atoms with Crippen LogP contribution in [-0.4, -0.2) is 81.9 Å². The monoisotopic (exact) mass is 305 g/mol. The molecule has 0 aromatic rings. The van der Waals surface area contributed by atoms with Crippen molar-refractivity contribution in [2.75, 3.05) is 58.2 Å². The molecule has 2 aliphatic rings. The lowest BCUT2D eigenvalue weighted by Gasteiger charge is -2.29. The lowest BCUT2D eigenvalue weighted by molar-refractivity contribution is 0.0946. The molecule has 1 atom stereocenters. The van der Waals surface area contributed by atoms with Gasteiger partial charge >= 0.3 is 0 Å². The Morgan fingerprint density at radius 1 is 1.35 bits per heavy atom. The number of likely N-dealkylation sites (N-methyl/N-ethyl adjacent to an activating group) is 1. The van der Waals surface area contributed by atoms with Gasteiger partial charge in [-0.3, -0.25) is 4.90 Å². The van der Waals surface area contributed by atoms with Crippen molar-refractivity contribution in [1.82, 2.24) is 14.5 Å². The zero-order valence-corrected chi connectivity index (χ0v) is 13.2. The van der Waals surface area contributed by atoms with Gasteiger partial charge in [0.25, 0.3) is 0 Å². The van der Waals surface area contributed by atoms with Crippen LogP contribution in [0.25, 0.3) is 0 Å². The normalized spacial score (nSPS) is 25.4. The zero-order chi connectivity index (χ0) is 14.4. The van der Waals surface area contributed by atoms with E-state index >= 15 is 0 Å². The summed E-state index contributed by atoms with van der Waals surface area (Å²) >= 11 is 0. The molecule has 7 heteroatoms. The first-order valence-corrected chi connectivity index (χ1v) is 9.25. The minimum Gasteiger partial charge on any atom is -0.377 e. The van der Waals surface area contributed by atoms with E-state index in [1.165, 1.54) is 0 Å². The molecule has 1 unspecified atom stereocenters. The van der Waals surface area contributed by atoms with Gasteiger partial charge in [0, 0.05) is 52.4 Å². The molecule has 1 N–H and O–H groups in total. The molecular formula is C13H27N3O3S. The van der Waals surface area contributed by atoms with E-state index in [4.69, 9.17) is 4.74 Å². The van der Waals surface area contributed by atoms with Gasteiger partial charge in [0.1, 0.15) is 0 Å². The minimum absolute atomic E-state index is 0.0870. The third-order valence-corrected chi connectivity index (χ3v) is 5.94. The molecule has 0 aliphatic carbocycles. The molecule has 0 aromatic heterocycles. The van der Waals surface area contributed by atoms with Gasteiger partial charge in [0.2, 0.25) is 10.0 Å². The fourth-order valence-corrected chi connectivity index (χ4v) is 4.30. The molecule has 0 saturated carbocycles. The van der Waals surface area contributed by atoms with Gasteiger partial charge in [-0.05, 0) is 12.8 Å². The second kappa shape index (κ2) is 7.70. The standard InChI is InChI=1S/C13H27N3O3S/c1-2-16(12-13-4-3-10-19-13)20(17,18)11-9-15-7-5-14-6-8-15/h13-14H,2-12H2,1H3. The molecule has 0 radical (unpaired) electrons. The zero-order valence-electron chi connectivity index (χ0n) is 12.4. The third-order valence-electron chi connectivity index (χ3n) is 4.05. The number of rotatable bonds is 7. The SMILES string of the molecule is CCN(CC1CCCO1)S(=O)(=O)CCN1CCNCC1.